The second-order valence-electron chi connectivity index (χ2n) is 4.19. The van der Waals surface area contributed by atoms with Crippen LogP contribution in [0.5, 0.6) is 0 Å². The molecule has 9 heteroatoms. The predicted molar refractivity (Wildman–Crippen MR) is 73.9 cm³/mol. The van der Waals surface area contributed by atoms with Gasteiger partial charge in [0.1, 0.15) is 21.6 Å². The highest BCUT2D eigenvalue weighted by Crippen LogP contribution is 2.23. The Kier molecular flexibility index (Phi) is 3.66. The molecule has 0 aromatic carbocycles. The summed E-state index contributed by atoms with van der Waals surface area (Å²) in [6, 6.07) is 2.66. The second kappa shape index (κ2) is 5.25. The number of nitro groups is 1. The maximum absolute atomic E-state index is 10.6. The van der Waals surface area contributed by atoms with Crippen molar-refractivity contribution in [2.45, 2.75) is 0 Å². The molecule has 0 amide bonds. The minimum Gasteiger partial charge on any atom is -0.399 e. The minimum atomic E-state index is -0.636. The van der Waals surface area contributed by atoms with Crippen molar-refractivity contribution in [1.82, 2.24) is 10.2 Å². The minimum absolute atomic E-state index is 0.159. The third kappa shape index (κ3) is 2.75. The number of hydrogen-bond donors (Lipinski definition) is 2. The molecule has 1 aliphatic heterocycles. The normalized spacial score (nSPS) is 16.9. The number of halogens is 1. The van der Waals surface area contributed by atoms with Gasteiger partial charge in [-0.3, -0.25) is 10.1 Å². The Balaban J connectivity index is 2.45. The maximum Gasteiger partial charge on any atom is 0.433 e. The lowest BCUT2D eigenvalue weighted by Crippen LogP contribution is -2.27. The topological polar surface area (TPSA) is 110 Å². The third-order valence-corrected chi connectivity index (χ3v) is 2.65. The van der Waals surface area contributed by atoms with Crippen LogP contribution in [0.3, 0.4) is 0 Å². The molecule has 2 rings (SSSR count). The van der Waals surface area contributed by atoms with Gasteiger partial charge in [0.25, 0.3) is 0 Å². The van der Waals surface area contributed by atoms with Crippen LogP contribution in [0, 0.1) is 10.1 Å². The lowest BCUT2D eigenvalue weighted by atomic mass is 10.2. The first-order chi connectivity index (χ1) is 9.38. The van der Waals surface area contributed by atoms with Crippen LogP contribution in [-0.2, 0) is 0 Å². The largest absolute Gasteiger partial charge is 0.433 e. The van der Waals surface area contributed by atoms with Gasteiger partial charge in [0.15, 0.2) is 5.76 Å². The van der Waals surface area contributed by atoms with Gasteiger partial charge in [-0.15, -0.1) is 0 Å². The average Bonchev–Trinajstić information content (AvgIpc) is 2.82. The van der Waals surface area contributed by atoms with Crippen LogP contribution in [0.4, 0.5) is 5.88 Å². The van der Waals surface area contributed by atoms with Crippen molar-refractivity contribution in [3.05, 3.63) is 50.9 Å². The van der Waals surface area contributed by atoms with E-state index in [0.717, 1.165) is 0 Å². The molecule has 0 saturated carbocycles. The molecule has 0 aliphatic carbocycles. The highest BCUT2D eigenvalue weighted by atomic mass is 35.5. The molecule has 2 heterocycles. The Hall–Kier alpha value is -2.48. The molecule has 106 valence electrons. The fourth-order valence-electron chi connectivity index (χ4n) is 1.54. The molecule has 0 bridgehead atoms. The SMILES string of the molecule is CN(C)C=C1N=C(c2ccc([N+](=O)[O-])o2)C(N)=C(Cl)N1. The molecule has 0 fully saturated rings. The first-order valence-electron chi connectivity index (χ1n) is 5.52. The molecule has 1 aliphatic rings. The van der Waals surface area contributed by atoms with E-state index in [2.05, 4.69) is 10.3 Å². The summed E-state index contributed by atoms with van der Waals surface area (Å²) in [5.74, 6) is 0.241. The molecule has 0 saturated heterocycles. The molecular formula is C11H12ClN5O3. The summed E-state index contributed by atoms with van der Waals surface area (Å²) in [5, 5.41) is 13.6. The Morgan fingerprint density at radius 1 is 1.55 bits per heavy atom. The number of allylic oxidation sites excluding steroid dienone is 1. The van der Waals surface area contributed by atoms with Crippen molar-refractivity contribution in [3.8, 4) is 0 Å². The van der Waals surface area contributed by atoms with Gasteiger partial charge in [0, 0.05) is 20.3 Å². The van der Waals surface area contributed by atoms with Crippen molar-refractivity contribution in [2.24, 2.45) is 10.7 Å². The monoisotopic (exact) mass is 297 g/mol. The molecule has 3 N–H and O–H groups in total. The second-order valence-corrected chi connectivity index (χ2v) is 4.56. The van der Waals surface area contributed by atoms with Crippen molar-refractivity contribution in [3.63, 3.8) is 0 Å². The summed E-state index contributed by atoms with van der Waals surface area (Å²) < 4.78 is 5.09. The van der Waals surface area contributed by atoms with Crippen LogP contribution in [-0.4, -0.2) is 29.6 Å². The Morgan fingerprint density at radius 2 is 2.25 bits per heavy atom. The zero-order valence-corrected chi connectivity index (χ0v) is 11.5. The summed E-state index contributed by atoms with van der Waals surface area (Å²) in [5.41, 5.74) is 6.22. The van der Waals surface area contributed by atoms with E-state index in [0.29, 0.717) is 5.82 Å². The van der Waals surface area contributed by atoms with Gasteiger partial charge in [-0.05, 0) is 6.07 Å². The van der Waals surface area contributed by atoms with Crippen molar-refractivity contribution < 1.29 is 9.34 Å². The summed E-state index contributed by atoms with van der Waals surface area (Å²) in [7, 11) is 3.63. The Morgan fingerprint density at radius 3 is 2.80 bits per heavy atom. The smallest absolute Gasteiger partial charge is 0.399 e. The highest BCUT2D eigenvalue weighted by molar-refractivity contribution is 6.33. The van der Waals surface area contributed by atoms with Gasteiger partial charge >= 0.3 is 5.88 Å². The van der Waals surface area contributed by atoms with E-state index < -0.39 is 4.92 Å². The van der Waals surface area contributed by atoms with Crippen LogP contribution in [0.2, 0.25) is 0 Å². The molecule has 1 aromatic rings. The van der Waals surface area contributed by atoms with Gasteiger partial charge in [-0.2, -0.15) is 0 Å². The lowest BCUT2D eigenvalue weighted by Gasteiger charge is -2.18. The highest BCUT2D eigenvalue weighted by Gasteiger charge is 2.23. The number of nitrogens with zero attached hydrogens (tertiary/aromatic N) is 3. The van der Waals surface area contributed by atoms with E-state index in [9.17, 15) is 10.1 Å². The molecule has 0 radical (unpaired) electrons. The van der Waals surface area contributed by atoms with Crippen molar-refractivity contribution in [1.29, 1.82) is 0 Å². The number of furan rings is 1. The van der Waals surface area contributed by atoms with Crippen molar-refractivity contribution in [2.75, 3.05) is 14.1 Å². The molecule has 0 atom stereocenters. The van der Waals surface area contributed by atoms with Crippen LogP contribution in [0.15, 0.2) is 44.4 Å². The summed E-state index contributed by atoms with van der Waals surface area (Å²) in [6.45, 7) is 0. The summed E-state index contributed by atoms with van der Waals surface area (Å²) in [6.07, 6.45) is 1.69. The van der Waals surface area contributed by atoms with Crippen LogP contribution < -0.4 is 11.1 Å². The lowest BCUT2D eigenvalue weighted by molar-refractivity contribution is -0.402. The first-order valence-corrected chi connectivity index (χ1v) is 5.90. The zero-order chi connectivity index (χ0) is 14.9. The van der Waals surface area contributed by atoms with Gasteiger partial charge in [-0.1, -0.05) is 11.6 Å². The Labute approximate surface area is 119 Å². The van der Waals surface area contributed by atoms with Crippen molar-refractivity contribution >= 4 is 23.2 Å². The first kappa shape index (κ1) is 13.9. The van der Waals surface area contributed by atoms with Gasteiger partial charge in [0.2, 0.25) is 0 Å². The molecule has 8 nitrogen and oxygen atoms in total. The van der Waals surface area contributed by atoms with E-state index >= 15 is 0 Å². The number of nitrogens with two attached hydrogens (primary N) is 1. The maximum atomic E-state index is 10.6. The summed E-state index contributed by atoms with van der Waals surface area (Å²) >= 11 is 5.99. The zero-order valence-electron chi connectivity index (χ0n) is 10.8. The van der Waals surface area contributed by atoms with E-state index in [1.54, 1.807) is 11.1 Å². The standard InChI is InChI=1S/C11H12ClN5O3/c1-16(2)5-7-14-10(9(13)11(12)15-7)6-3-4-8(20-6)17(18)19/h3-5,15H,13H2,1-2H3. The average molecular weight is 298 g/mol. The van der Waals surface area contributed by atoms with E-state index in [1.165, 1.54) is 12.1 Å². The van der Waals surface area contributed by atoms with Crippen LogP contribution in [0.1, 0.15) is 5.76 Å². The molecular weight excluding hydrogens is 286 g/mol. The van der Waals surface area contributed by atoms with E-state index in [-0.39, 0.29) is 28.2 Å². The number of nitrogens with one attached hydrogen (secondary N) is 1. The van der Waals surface area contributed by atoms with E-state index in [1.807, 2.05) is 14.1 Å². The quantitative estimate of drug-likeness (QED) is 0.494. The van der Waals surface area contributed by atoms with Crippen LogP contribution >= 0.6 is 11.6 Å². The van der Waals surface area contributed by atoms with Crippen LogP contribution in [0.25, 0.3) is 0 Å². The summed E-state index contributed by atoms with van der Waals surface area (Å²) in [4.78, 5) is 16.0. The van der Waals surface area contributed by atoms with Gasteiger partial charge in [-0.25, -0.2) is 4.99 Å². The molecule has 20 heavy (non-hydrogen) atoms. The third-order valence-electron chi connectivity index (χ3n) is 2.35. The molecule has 0 unspecified atom stereocenters. The number of aliphatic imine (C=N–C) groups is 1. The Bertz CT molecular complexity index is 644. The number of hydrogen-bond acceptors (Lipinski definition) is 7. The molecule has 1 aromatic heterocycles. The number of rotatable bonds is 3. The fraction of sp³-hybridized carbons (Fsp3) is 0.182. The fourth-order valence-corrected chi connectivity index (χ4v) is 1.73. The van der Waals surface area contributed by atoms with Gasteiger partial charge < -0.3 is 20.4 Å². The molecule has 0 spiro atoms. The van der Waals surface area contributed by atoms with E-state index in [4.69, 9.17) is 21.8 Å². The van der Waals surface area contributed by atoms with Gasteiger partial charge in [0.05, 0.1) is 11.8 Å². The predicted octanol–water partition coefficient (Wildman–Crippen LogP) is 1.31.